The number of aliphatic hydroxyl groups excluding tert-OH is 1. The van der Waals surface area contributed by atoms with Gasteiger partial charge in [0.25, 0.3) is 0 Å². The highest BCUT2D eigenvalue weighted by Crippen LogP contribution is 2.41. The van der Waals surface area contributed by atoms with Crippen molar-refractivity contribution < 1.29 is 19.1 Å². The third-order valence-corrected chi connectivity index (χ3v) is 9.32. The lowest BCUT2D eigenvalue weighted by molar-refractivity contribution is -0.124. The van der Waals surface area contributed by atoms with Crippen LogP contribution in [-0.2, 0) is 4.79 Å². The van der Waals surface area contributed by atoms with Gasteiger partial charge in [-0.3, -0.25) is 4.79 Å². The zero-order chi connectivity index (χ0) is 28.3. The van der Waals surface area contributed by atoms with Gasteiger partial charge < -0.3 is 19.2 Å². The fourth-order valence-electron chi connectivity index (χ4n) is 6.64. The number of methoxy groups -OCH3 is 1. The van der Waals surface area contributed by atoms with E-state index in [9.17, 15) is 15.2 Å². The molecular weight excluding hydrogens is 514 g/mol. The van der Waals surface area contributed by atoms with Crippen LogP contribution >= 0.6 is 0 Å². The molecule has 41 heavy (non-hydrogen) atoms. The second kappa shape index (κ2) is 12.1. The van der Waals surface area contributed by atoms with Crippen LogP contribution in [0.25, 0.3) is 11.3 Å². The van der Waals surface area contributed by atoms with E-state index in [0.29, 0.717) is 48.5 Å². The Hall–Kier alpha value is -3.63. The van der Waals surface area contributed by atoms with Crippen molar-refractivity contribution in [2.45, 2.75) is 82.1 Å². The summed E-state index contributed by atoms with van der Waals surface area (Å²) in [5.74, 6) is 2.80. The van der Waals surface area contributed by atoms with Crippen LogP contribution in [0, 0.1) is 23.2 Å². The summed E-state index contributed by atoms with van der Waals surface area (Å²) in [5.41, 5.74) is 4.47. The third kappa shape index (κ3) is 6.18. The molecule has 1 N–H and O–H groups in total. The molecule has 3 fully saturated rings. The van der Waals surface area contributed by atoms with Gasteiger partial charge in [0.15, 0.2) is 5.89 Å². The Morgan fingerprint density at radius 3 is 2.49 bits per heavy atom. The number of hydrogen-bond donors (Lipinski definition) is 1. The molecule has 0 saturated heterocycles. The molecule has 3 saturated carbocycles. The first-order chi connectivity index (χ1) is 20.0. The first-order valence-electron chi connectivity index (χ1n) is 15.2. The molecule has 2 aromatic carbocycles. The van der Waals surface area contributed by atoms with Crippen LogP contribution in [-0.4, -0.2) is 35.8 Å². The second-order valence-corrected chi connectivity index (χ2v) is 12.1. The molecule has 214 valence electrons. The van der Waals surface area contributed by atoms with E-state index in [2.05, 4.69) is 18.2 Å². The van der Waals surface area contributed by atoms with E-state index in [1.807, 2.05) is 35.2 Å². The number of ether oxygens (including phenoxy) is 1. The Labute approximate surface area is 242 Å². The van der Waals surface area contributed by atoms with E-state index >= 15 is 0 Å². The Kier molecular flexibility index (Phi) is 8.11. The molecule has 1 aromatic heterocycles. The molecule has 0 unspecified atom stereocenters. The standard InChI is InChI=1S/C34H39N3O4/c1-40-32-16-13-26(17-28(32)19-35)23-7-5-22(6-8-23)20-37(34(39)25-11-14-30(38)15-12-25)29-4-2-3-27(18-29)31-21-41-33(36-31)24-9-10-24/h2-4,13,16-18,21-25,30,38H,5-12,14-15,20H2,1H3/t22-,23-,25-,30-. The lowest BCUT2D eigenvalue weighted by atomic mass is 9.78. The van der Waals surface area contributed by atoms with Gasteiger partial charge in [0.05, 0.1) is 18.8 Å². The molecule has 0 aliphatic heterocycles. The van der Waals surface area contributed by atoms with Gasteiger partial charge in [0.2, 0.25) is 5.91 Å². The van der Waals surface area contributed by atoms with E-state index in [1.165, 1.54) is 5.56 Å². The molecule has 6 rings (SSSR count). The maximum atomic E-state index is 14.0. The van der Waals surface area contributed by atoms with Crippen LogP contribution in [0.1, 0.15) is 93.1 Å². The zero-order valence-electron chi connectivity index (χ0n) is 23.8. The van der Waals surface area contributed by atoms with Crippen LogP contribution in [0.15, 0.2) is 53.1 Å². The number of nitriles is 1. The van der Waals surface area contributed by atoms with E-state index in [0.717, 1.165) is 74.2 Å². The van der Waals surface area contributed by atoms with Gasteiger partial charge >= 0.3 is 0 Å². The fourth-order valence-corrected chi connectivity index (χ4v) is 6.64. The van der Waals surface area contributed by atoms with Crippen molar-refractivity contribution in [2.24, 2.45) is 11.8 Å². The molecule has 1 heterocycles. The highest BCUT2D eigenvalue weighted by molar-refractivity contribution is 5.95. The number of oxazole rings is 1. The van der Waals surface area contributed by atoms with Crippen LogP contribution in [0.4, 0.5) is 5.69 Å². The van der Waals surface area contributed by atoms with Crippen molar-refractivity contribution in [1.29, 1.82) is 5.26 Å². The summed E-state index contributed by atoms with van der Waals surface area (Å²) in [5, 5.41) is 19.6. The molecule has 3 aliphatic rings. The van der Waals surface area contributed by atoms with Crippen molar-refractivity contribution in [3.63, 3.8) is 0 Å². The smallest absolute Gasteiger partial charge is 0.230 e. The minimum absolute atomic E-state index is 0.0596. The molecule has 0 atom stereocenters. The van der Waals surface area contributed by atoms with Gasteiger partial charge in [-0.25, -0.2) is 4.98 Å². The van der Waals surface area contributed by atoms with Crippen molar-refractivity contribution in [2.75, 3.05) is 18.6 Å². The summed E-state index contributed by atoms with van der Waals surface area (Å²) >= 11 is 0. The molecule has 3 aromatic rings. The highest BCUT2D eigenvalue weighted by atomic mass is 16.5. The number of carbonyl (C=O) groups is 1. The first kappa shape index (κ1) is 27.5. The van der Waals surface area contributed by atoms with Gasteiger partial charge in [0.1, 0.15) is 23.8 Å². The van der Waals surface area contributed by atoms with Crippen molar-refractivity contribution >= 4 is 11.6 Å². The lowest BCUT2D eigenvalue weighted by Crippen LogP contribution is -2.41. The average Bonchev–Trinajstić information content (AvgIpc) is 3.75. The minimum atomic E-state index is -0.293. The second-order valence-electron chi connectivity index (χ2n) is 12.1. The van der Waals surface area contributed by atoms with E-state index < -0.39 is 0 Å². The maximum Gasteiger partial charge on any atom is 0.230 e. The Morgan fingerprint density at radius 2 is 1.78 bits per heavy atom. The Morgan fingerprint density at radius 1 is 1.02 bits per heavy atom. The molecule has 0 bridgehead atoms. The number of anilines is 1. The van der Waals surface area contributed by atoms with E-state index in [1.54, 1.807) is 13.4 Å². The zero-order valence-corrected chi connectivity index (χ0v) is 23.8. The summed E-state index contributed by atoms with van der Waals surface area (Å²) in [4.78, 5) is 20.8. The largest absolute Gasteiger partial charge is 0.495 e. The minimum Gasteiger partial charge on any atom is -0.495 e. The summed E-state index contributed by atoms with van der Waals surface area (Å²) < 4.78 is 11.1. The van der Waals surface area contributed by atoms with E-state index in [4.69, 9.17) is 14.1 Å². The number of aliphatic hydroxyl groups is 1. The number of rotatable bonds is 8. The van der Waals surface area contributed by atoms with Crippen LogP contribution in [0.3, 0.4) is 0 Å². The first-order valence-corrected chi connectivity index (χ1v) is 15.2. The van der Waals surface area contributed by atoms with Crippen molar-refractivity contribution in [1.82, 2.24) is 4.98 Å². The lowest BCUT2D eigenvalue weighted by Gasteiger charge is -2.36. The number of benzene rings is 2. The predicted molar refractivity (Wildman–Crippen MR) is 157 cm³/mol. The predicted octanol–water partition coefficient (Wildman–Crippen LogP) is 6.96. The molecule has 1 amide bonds. The number of hydrogen-bond acceptors (Lipinski definition) is 6. The van der Waals surface area contributed by atoms with Crippen LogP contribution in [0.5, 0.6) is 5.75 Å². The molecular formula is C34H39N3O4. The number of aromatic nitrogens is 1. The number of amides is 1. The van der Waals surface area contributed by atoms with Gasteiger partial charge in [-0.15, -0.1) is 0 Å². The summed E-state index contributed by atoms with van der Waals surface area (Å²) in [6.45, 7) is 0.687. The van der Waals surface area contributed by atoms with Gasteiger partial charge in [-0.05, 0) is 106 Å². The highest BCUT2D eigenvalue weighted by Gasteiger charge is 2.33. The van der Waals surface area contributed by atoms with Gasteiger partial charge in [-0.1, -0.05) is 18.2 Å². The van der Waals surface area contributed by atoms with Gasteiger partial charge in [-0.2, -0.15) is 5.26 Å². The quantitative estimate of drug-likeness (QED) is 0.324. The van der Waals surface area contributed by atoms with Crippen LogP contribution < -0.4 is 9.64 Å². The summed E-state index contributed by atoms with van der Waals surface area (Å²) in [7, 11) is 1.59. The molecule has 7 heteroatoms. The molecule has 7 nitrogen and oxygen atoms in total. The number of carbonyl (C=O) groups excluding carboxylic acids is 1. The normalized spacial score (nSPS) is 24.4. The van der Waals surface area contributed by atoms with E-state index in [-0.39, 0.29) is 17.9 Å². The maximum absolute atomic E-state index is 14.0. The Balaban J connectivity index is 1.19. The third-order valence-electron chi connectivity index (χ3n) is 9.32. The SMILES string of the molecule is COc1ccc([C@H]2CC[C@H](CN(c3cccc(-c4coc(C5CC5)n4)c3)C(=O)[C@H]3CC[C@H](O)CC3)CC2)cc1C#N. The van der Waals surface area contributed by atoms with Crippen molar-refractivity contribution in [3.8, 4) is 23.1 Å². The van der Waals surface area contributed by atoms with Crippen LogP contribution in [0.2, 0.25) is 0 Å². The monoisotopic (exact) mass is 553 g/mol. The molecule has 0 radical (unpaired) electrons. The van der Waals surface area contributed by atoms with Crippen molar-refractivity contribution in [3.05, 3.63) is 65.7 Å². The Bertz CT molecular complexity index is 1410. The fraction of sp³-hybridized carbons (Fsp3) is 0.500. The topological polar surface area (TPSA) is 99.6 Å². The number of nitrogens with zero attached hydrogens (tertiary/aromatic N) is 3. The average molecular weight is 554 g/mol. The summed E-state index contributed by atoms with van der Waals surface area (Å²) in [6, 6.07) is 16.4. The van der Waals surface area contributed by atoms with Gasteiger partial charge in [0, 0.05) is 29.6 Å². The summed E-state index contributed by atoms with van der Waals surface area (Å²) in [6.07, 6.45) is 10.7. The molecule has 3 aliphatic carbocycles. The molecule has 0 spiro atoms.